The molecule has 1 aliphatic carbocycles. The molecule has 2 aliphatic rings. The first kappa shape index (κ1) is 15.8. The Morgan fingerprint density at radius 1 is 1.00 bits per heavy atom. The summed E-state index contributed by atoms with van der Waals surface area (Å²) in [5.74, 6) is -1.18. The summed E-state index contributed by atoms with van der Waals surface area (Å²) in [6.07, 6.45) is 3.70. The molecule has 2 fully saturated rings. The standard InChI is InChI=1S/C18H24N2O3/c21-17(13-6-7-14(12-13)18(22)23)19-15-8-10-20(11-9-15)16-4-2-1-3-5-16/h1-5,13-15H,6-12H2,(H,19,21)(H,22,23)/t13-,14+/m0/s1. The van der Waals surface area contributed by atoms with Crippen molar-refractivity contribution in [3.8, 4) is 0 Å². The van der Waals surface area contributed by atoms with Gasteiger partial charge in [0, 0.05) is 30.7 Å². The molecule has 23 heavy (non-hydrogen) atoms. The maximum atomic E-state index is 12.3. The molecule has 5 heteroatoms. The van der Waals surface area contributed by atoms with Gasteiger partial charge in [0.05, 0.1) is 5.92 Å². The molecule has 0 spiro atoms. The summed E-state index contributed by atoms with van der Waals surface area (Å²) in [6, 6.07) is 10.5. The van der Waals surface area contributed by atoms with E-state index in [1.54, 1.807) is 0 Å². The highest BCUT2D eigenvalue weighted by atomic mass is 16.4. The molecule has 0 radical (unpaired) electrons. The van der Waals surface area contributed by atoms with Crippen molar-refractivity contribution in [3.05, 3.63) is 30.3 Å². The Bertz CT molecular complexity index is 553. The van der Waals surface area contributed by atoms with Gasteiger partial charge < -0.3 is 15.3 Å². The lowest BCUT2D eigenvalue weighted by atomic mass is 10.0. The van der Waals surface area contributed by atoms with Crippen LogP contribution in [0.2, 0.25) is 0 Å². The highest BCUT2D eigenvalue weighted by molar-refractivity contribution is 5.81. The van der Waals surface area contributed by atoms with E-state index in [9.17, 15) is 9.59 Å². The monoisotopic (exact) mass is 316 g/mol. The summed E-state index contributed by atoms with van der Waals surface area (Å²) >= 11 is 0. The van der Waals surface area contributed by atoms with E-state index in [2.05, 4.69) is 22.3 Å². The van der Waals surface area contributed by atoms with Crippen molar-refractivity contribution in [2.75, 3.05) is 18.0 Å². The predicted molar refractivity (Wildman–Crippen MR) is 88.3 cm³/mol. The Labute approximate surface area is 136 Å². The van der Waals surface area contributed by atoms with E-state index >= 15 is 0 Å². The number of benzene rings is 1. The van der Waals surface area contributed by atoms with Crippen LogP contribution < -0.4 is 10.2 Å². The van der Waals surface area contributed by atoms with Crippen LogP contribution in [0, 0.1) is 11.8 Å². The van der Waals surface area contributed by atoms with Gasteiger partial charge in [-0.3, -0.25) is 9.59 Å². The first-order valence-corrected chi connectivity index (χ1v) is 8.46. The zero-order valence-electron chi connectivity index (χ0n) is 13.3. The lowest BCUT2D eigenvalue weighted by Crippen LogP contribution is -2.46. The van der Waals surface area contributed by atoms with Crippen LogP contribution in [0.1, 0.15) is 32.1 Å². The third kappa shape index (κ3) is 3.84. The number of carboxylic acids is 1. The van der Waals surface area contributed by atoms with Crippen LogP contribution in [0.25, 0.3) is 0 Å². The van der Waals surface area contributed by atoms with Gasteiger partial charge in [0.2, 0.25) is 5.91 Å². The van der Waals surface area contributed by atoms with Gasteiger partial charge in [-0.15, -0.1) is 0 Å². The minimum absolute atomic E-state index is 0.0481. The van der Waals surface area contributed by atoms with Crippen LogP contribution in [-0.2, 0) is 9.59 Å². The van der Waals surface area contributed by atoms with Gasteiger partial charge >= 0.3 is 5.97 Å². The van der Waals surface area contributed by atoms with Crippen LogP contribution in [0.3, 0.4) is 0 Å². The minimum Gasteiger partial charge on any atom is -0.481 e. The Morgan fingerprint density at radius 3 is 2.26 bits per heavy atom. The van der Waals surface area contributed by atoms with Crippen molar-refractivity contribution in [3.63, 3.8) is 0 Å². The van der Waals surface area contributed by atoms with Gasteiger partial charge in [0.25, 0.3) is 0 Å². The van der Waals surface area contributed by atoms with Crippen LogP contribution in [0.15, 0.2) is 30.3 Å². The summed E-state index contributed by atoms with van der Waals surface area (Å²) in [4.78, 5) is 25.7. The Morgan fingerprint density at radius 2 is 1.65 bits per heavy atom. The second-order valence-corrected chi connectivity index (χ2v) is 6.65. The van der Waals surface area contributed by atoms with Crippen molar-refractivity contribution >= 4 is 17.6 Å². The third-order valence-corrected chi connectivity index (χ3v) is 5.12. The first-order valence-electron chi connectivity index (χ1n) is 8.46. The summed E-state index contributed by atoms with van der Waals surface area (Å²) in [5.41, 5.74) is 1.23. The topological polar surface area (TPSA) is 69.6 Å². The van der Waals surface area contributed by atoms with Gasteiger partial charge in [-0.25, -0.2) is 0 Å². The number of amides is 1. The van der Waals surface area contributed by atoms with E-state index in [-0.39, 0.29) is 23.8 Å². The van der Waals surface area contributed by atoms with Crippen molar-refractivity contribution < 1.29 is 14.7 Å². The van der Waals surface area contributed by atoms with E-state index in [1.165, 1.54) is 5.69 Å². The number of carbonyl (C=O) groups is 2. The van der Waals surface area contributed by atoms with Crippen LogP contribution >= 0.6 is 0 Å². The number of aliphatic carboxylic acids is 1. The average Bonchev–Trinajstić information content (AvgIpc) is 3.07. The molecule has 2 N–H and O–H groups in total. The van der Waals surface area contributed by atoms with Gasteiger partial charge in [-0.05, 0) is 44.2 Å². The summed E-state index contributed by atoms with van der Waals surface area (Å²) in [6.45, 7) is 1.88. The maximum Gasteiger partial charge on any atom is 0.306 e. The Balaban J connectivity index is 1.46. The van der Waals surface area contributed by atoms with E-state index < -0.39 is 5.97 Å². The van der Waals surface area contributed by atoms with Gasteiger partial charge in [0.15, 0.2) is 0 Å². The molecule has 124 valence electrons. The van der Waals surface area contributed by atoms with Crippen LogP contribution in [0.4, 0.5) is 5.69 Å². The van der Waals surface area contributed by atoms with Gasteiger partial charge in [-0.1, -0.05) is 18.2 Å². The van der Waals surface area contributed by atoms with Crippen LogP contribution in [0.5, 0.6) is 0 Å². The number of hydrogen-bond acceptors (Lipinski definition) is 3. The molecule has 2 atom stereocenters. The number of para-hydroxylation sites is 1. The number of rotatable bonds is 4. The fourth-order valence-electron chi connectivity index (χ4n) is 3.68. The predicted octanol–water partition coefficient (Wildman–Crippen LogP) is 2.27. The Hall–Kier alpha value is -2.04. The maximum absolute atomic E-state index is 12.3. The van der Waals surface area contributed by atoms with E-state index in [1.807, 2.05) is 18.2 Å². The summed E-state index contributed by atoms with van der Waals surface area (Å²) in [5, 5.41) is 12.2. The lowest BCUT2D eigenvalue weighted by Gasteiger charge is -2.34. The normalized spacial score (nSPS) is 25.3. The third-order valence-electron chi connectivity index (χ3n) is 5.12. The molecule has 1 amide bonds. The van der Waals surface area contributed by atoms with Crippen LogP contribution in [-0.4, -0.2) is 36.1 Å². The number of piperidine rings is 1. The fraction of sp³-hybridized carbons (Fsp3) is 0.556. The average molecular weight is 316 g/mol. The van der Waals surface area contributed by atoms with E-state index in [0.717, 1.165) is 25.9 Å². The zero-order chi connectivity index (χ0) is 16.2. The molecular formula is C18H24N2O3. The molecule has 0 unspecified atom stereocenters. The number of nitrogens with one attached hydrogen (secondary N) is 1. The molecule has 0 bridgehead atoms. The largest absolute Gasteiger partial charge is 0.481 e. The van der Waals surface area contributed by atoms with Gasteiger partial charge in [0.1, 0.15) is 0 Å². The second-order valence-electron chi connectivity index (χ2n) is 6.65. The summed E-state index contributed by atoms with van der Waals surface area (Å²) < 4.78 is 0. The molecule has 1 saturated heterocycles. The van der Waals surface area contributed by atoms with Crippen molar-refractivity contribution in [1.82, 2.24) is 5.32 Å². The lowest BCUT2D eigenvalue weighted by molar-refractivity contribution is -0.141. The molecule has 1 heterocycles. The van der Waals surface area contributed by atoms with Crippen molar-refractivity contribution in [2.24, 2.45) is 11.8 Å². The molecule has 1 aromatic carbocycles. The molecular weight excluding hydrogens is 292 g/mol. The zero-order valence-corrected chi connectivity index (χ0v) is 13.3. The number of nitrogens with zero attached hydrogens (tertiary/aromatic N) is 1. The highest BCUT2D eigenvalue weighted by Crippen LogP contribution is 2.31. The minimum atomic E-state index is -0.767. The molecule has 0 aromatic heterocycles. The molecule has 1 aromatic rings. The van der Waals surface area contributed by atoms with Gasteiger partial charge in [-0.2, -0.15) is 0 Å². The fourth-order valence-corrected chi connectivity index (χ4v) is 3.68. The molecule has 5 nitrogen and oxygen atoms in total. The first-order chi connectivity index (χ1) is 11.1. The SMILES string of the molecule is O=C(O)[C@@H]1CC[C@H](C(=O)NC2CCN(c3ccccc3)CC2)C1. The number of carbonyl (C=O) groups excluding carboxylic acids is 1. The summed E-state index contributed by atoms with van der Waals surface area (Å²) in [7, 11) is 0. The molecule has 1 aliphatic heterocycles. The van der Waals surface area contributed by atoms with E-state index in [4.69, 9.17) is 5.11 Å². The quantitative estimate of drug-likeness (QED) is 0.894. The smallest absolute Gasteiger partial charge is 0.306 e. The second kappa shape index (κ2) is 7.02. The van der Waals surface area contributed by atoms with Crippen molar-refractivity contribution in [2.45, 2.75) is 38.1 Å². The number of anilines is 1. The van der Waals surface area contributed by atoms with Crippen molar-refractivity contribution in [1.29, 1.82) is 0 Å². The Kier molecular flexibility index (Phi) is 4.84. The highest BCUT2D eigenvalue weighted by Gasteiger charge is 2.34. The number of hydrogen-bond donors (Lipinski definition) is 2. The number of carboxylic acid groups (broad SMARTS) is 1. The van der Waals surface area contributed by atoms with E-state index in [0.29, 0.717) is 19.3 Å². The molecule has 1 saturated carbocycles. The molecule has 3 rings (SSSR count).